The fourth-order valence-corrected chi connectivity index (χ4v) is 15.3. The quantitative estimate of drug-likeness (QED) is 0.0201. The molecular formula is C80H158N4O6S2. The first-order valence-corrected chi connectivity index (χ1v) is 43.0. The van der Waals surface area contributed by atoms with Gasteiger partial charge in [0.05, 0.1) is 24.4 Å². The molecule has 12 heteroatoms. The van der Waals surface area contributed by atoms with Gasteiger partial charge in [-0.2, -0.15) is 0 Å². The van der Waals surface area contributed by atoms with Crippen molar-refractivity contribution in [1.29, 1.82) is 0 Å². The highest BCUT2D eigenvalue weighted by molar-refractivity contribution is 8.76. The minimum Gasteiger partial charge on any atom is -0.464 e. The summed E-state index contributed by atoms with van der Waals surface area (Å²) in [6.07, 6.45) is 71.0. The molecule has 2 unspecified atom stereocenters. The van der Waals surface area contributed by atoms with Gasteiger partial charge in [0.15, 0.2) is 0 Å². The molecule has 10 nitrogen and oxygen atoms in total. The van der Waals surface area contributed by atoms with Crippen LogP contribution < -0.4 is 0 Å². The summed E-state index contributed by atoms with van der Waals surface area (Å²) >= 11 is 0. The maximum Gasteiger partial charge on any atom is 0.305 e. The van der Waals surface area contributed by atoms with E-state index in [1.165, 1.54) is 257 Å². The highest BCUT2D eigenvalue weighted by Gasteiger charge is 2.20. The maximum absolute atomic E-state index is 12.9. The van der Waals surface area contributed by atoms with Crippen molar-refractivity contribution in [3.63, 3.8) is 0 Å². The molecule has 4 N–H and O–H groups in total. The zero-order chi connectivity index (χ0) is 66.5. The predicted octanol–water partition coefficient (Wildman–Crippen LogP) is 21.1. The van der Waals surface area contributed by atoms with E-state index in [0.717, 1.165) is 134 Å². The fourth-order valence-electron chi connectivity index (χ4n) is 13.2. The molecule has 0 radical (unpaired) electrons. The molecule has 0 aromatic heterocycles. The number of hydrogen-bond donors (Lipinski definition) is 4. The molecule has 0 amide bonds. The molecule has 1 rings (SSSR count). The van der Waals surface area contributed by atoms with Gasteiger partial charge < -0.3 is 25.2 Å². The lowest BCUT2D eigenvalue weighted by Gasteiger charge is -2.34. The lowest BCUT2D eigenvalue weighted by atomic mass is 10.0. The summed E-state index contributed by atoms with van der Waals surface area (Å²) < 4.78 is 5.75. The van der Waals surface area contributed by atoms with Crippen LogP contribution in [0.25, 0.3) is 0 Å². The summed E-state index contributed by atoms with van der Waals surface area (Å²) in [5.41, 5.74) is 0. The standard InChI is InChI=1S/C80H158N4O6S2/c1-5-9-13-17-21-25-29-31-33-35-39-43-47-51-58-78(87)74-84(75-79(88)59-52-48-44-40-36-34-32-30-26-22-18-14-10-6-2)62-55-70-91-92-71-68-82-65-63-81(64-66-82)67-69-90-80(89)60-53-54-61-83(72-76(85)56-49-45-41-37-27-23-19-15-11-7-3)73-77(86)57-50-46-42-38-28-24-20-16-12-8-4/h31-34,76-79,85-88H,5-30,35-75H2,1-4H3/b33-31-,34-32-/t76?,77?,78-,79-/m0/s1. The Bertz CT molecular complexity index is 1460. The van der Waals surface area contributed by atoms with Crippen LogP contribution in [0, 0.1) is 0 Å². The van der Waals surface area contributed by atoms with Gasteiger partial charge in [-0.1, -0.05) is 305 Å². The smallest absolute Gasteiger partial charge is 0.305 e. The SMILES string of the molecule is CCCCCCCC/C=C\CCCCCC[C@H](O)CN(CCCSSCCN1CCN(CCOC(=O)CCCCN(CC(O)CCCCCCCCCCCC)CC(O)CCCCCCCCCCCC)CC1)C[C@@H](O)CCCCCC/C=C\CCCCCCCC. The van der Waals surface area contributed by atoms with Crippen LogP contribution in [0.4, 0.5) is 0 Å². The molecule has 1 aliphatic rings. The van der Waals surface area contributed by atoms with E-state index >= 15 is 0 Å². The Morgan fingerprint density at radius 2 is 0.641 bits per heavy atom. The monoisotopic (exact) mass is 1340 g/mol. The largest absolute Gasteiger partial charge is 0.464 e. The van der Waals surface area contributed by atoms with Gasteiger partial charge in [-0.25, -0.2) is 0 Å². The molecular weight excluding hydrogens is 1180 g/mol. The van der Waals surface area contributed by atoms with E-state index < -0.39 is 0 Å². The molecule has 0 aromatic rings. The van der Waals surface area contributed by atoms with Gasteiger partial charge >= 0.3 is 5.97 Å². The summed E-state index contributed by atoms with van der Waals surface area (Å²) in [5, 5.41) is 44.6. The van der Waals surface area contributed by atoms with Crippen molar-refractivity contribution in [1.82, 2.24) is 19.6 Å². The minimum absolute atomic E-state index is 0.114. The van der Waals surface area contributed by atoms with E-state index in [-0.39, 0.29) is 30.4 Å². The van der Waals surface area contributed by atoms with Crippen LogP contribution in [0.1, 0.15) is 362 Å². The Morgan fingerprint density at radius 1 is 0.359 bits per heavy atom. The van der Waals surface area contributed by atoms with Crippen molar-refractivity contribution in [2.45, 2.75) is 386 Å². The van der Waals surface area contributed by atoms with Gasteiger partial charge in [-0.15, -0.1) is 0 Å². The fraction of sp³-hybridized carbons (Fsp3) is 0.938. The van der Waals surface area contributed by atoms with Gasteiger partial charge in [0.2, 0.25) is 0 Å². The Morgan fingerprint density at radius 3 is 0.978 bits per heavy atom. The number of hydrogen-bond acceptors (Lipinski definition) is 12. The summed E-state index contributed by atoms with van der Waals surface area (Å²) in [4.78, 5) is 22.5. The number of aliphatic hydroxyl groups is 4. The van der Waals surface area contributed by atoms with E-state index in [1.807, 2.05) is 21.6 Å². The van der Waals surface area contributed by atoms with Gasteiger partial charge in [-0.3, -0.25) is 24.4 Å². The van der Waals surface area contributed by atoms with Crippen LogP contribution in [-0.4, -0.2) is 167 Å². The lowest BCUT2D eigenvalue weighted by Crippen LogP contribution is -2.47. The van der Waals surface area contributed by atoms with E-state index in [2.05, 4.69) is 71.6 Å². The second-order valence-corrected chi connectivity index (χ2v) is 31.2. The average molecular weight is 1340 g/mol. The summed E-state index contributed by atoms with van der Waals surface area (Å²) in [5.74, 6) is 2.07. The minimum atomic E-state index is -0.379. The molecule has 1 heterocycles. The number of unbranched alkanes of at least 4 members (excludes halogenated alkanes) is 39. The molecule has 4 atom stereocenters. The lowest BCUT2D eigenvalue weighted by molar-refractivity contribution is -0.144. The molecule has 1 saturated heterocycles. The van der Waals surface area contributed by atoms with Crippen LogP contribution in [0.2, 0.25) is 0 Å². The summed E-state index contributed by atoms with van der Waals surface area (Å²) in [7, 11) is 3.95. The summed E-state index contributed by atoms with van der Waals surface area (Å²) in [6.45, 7) is 19.7. The van der Waals surface area contributed by atoms with E-state index in [0.29, 0.717) is 39.2 Å². The van der Waals surface area contributed by atoms with E-state index in [9.17, 15) is 25.2 Å². The van der Waals surface area contributed by atoms with Crippen molar-refractivity contribution < 1.29 is 30.0 Å². The van der Waals surface area contributed by atoms with Gasteiger partial charge in [0, 0.05) is 83.4 Å². The summed E-state index contributed by atoms with van der Waals surface area (Å²) in [6, 6.07) is 0. The third-order valence-electron chi connectivity index (χ3n) is 19.3. The molecule has 0 bridgehead atoms. The van der Waals surface area contributed by atoms with Crippen LogP contribution in [-0.2, 0) is 9.53 Å². The Kier molecular flexibility index (Phi) is 69.5. The zero-order valence-electron chi connectivity index (χ0n) is 61.7. The Hall–Kier alpha value is -0.670. The molecule has 1 fully saturated rings. The van der Waals surface area contributed by atoms with E-state index in [4.69, 9.17) is 4.74 Å². The van der Waals surface area contributed by atoms with Crippen molar-refractivity contribution in [3.05, 3.63) is 24.3 Å². The number of piperazine rings is 1. The van der Waals surface area contributed by atoms with Crippen molar-refractivity contribution in [3.8, 4) is 0 Å². The maximum atomic E-state index is 12.9. The van der Waals surface area contributed by atoms with Crippen molar-refractivity contribution in [2.24, 2.45) is 0 Å². The third kappa shape index (κ3) is 64.0. The van der Waals surface area contributed by atoms with Crippen molar-refractivity contribution >= 4 is 27.6 Å². The zero-order valence-corrected chi connectivity index (χ0v) is 63.3. The first kappa shape index (κ1) is 89.3. The number of ether oxygens (including phenoxy) is 1. The number of carbonyl (C=O) groups excluding carboxylic acids is 1. The van der Waals surface area contributed by atoms with E-state index in [1.54, 1.807) is 0 Å². The number of aliphatic hydroxyl groups excluding tert-OH is 4. The molecule has 546 valence electrons. The second kappa shape index (κ2) is 71.6. The Labute approximate surface area is 580 Å². The van der Waals surface area contributed by atoms with Crippen LogP contribution >= 0.6 is 21.6 Å². The average Bonchev–Trinajstić information content (AvgIpc) is 3.72. The number of esters is 1. The molecule has 92 heavy (non-hydrogen) atoms. The predicted molar refractivity (Wildman–Crippen MR) is 407 cm³/mol. The number of allylic oxidation sites excluding steroid dienone is 4. The third-order valence-corrected chi connectivity index (χ3v) is 21.7. The normalized spacial score (nSPS) is 14.9. The topological polar surface area (TPSA) is 120 Å². The number of nitrogens with zero attached hydrogens (tertiary/aromatic N) is 4. The van der Waals surface area contributed by atoms with Gasteiger partial charge in [-0.05, 0) is 109 Å². The molecule has 0 saturated carbocycles. The number of rotatable bonds is 74. The first-order valence-electron chi connectivity index (χ1n) is 40.5. The van der Waals surface area contributed by atoms with Crippen LogP contribution in [0.5, 0.6) is 0 Å². The molecule has 0 spiro atoms. The van der Waals surface area contributed by atoms with Crippen LogP contribution in [0.15, 0.2) is 24.3 Å². The van der Waals surface area contributed by atoms with Gasteiger partial charge in [0.1, 0.15) is 6.61 Å². The van der Waals surface area contributed by atoms with Gasteiger partial charge in [0.25, 0.3) is 0 Å². The van der Waals surface area contributed by atoms with Crippen molar-refractivity contribution in [2.75, 3.05) is 96.6 Å². The Balaban J connectivity index is 2.41. The molecule has 0 aromatic carbocycles. The molecule has 0 aliphatic carbocycles. The highest BCUT2D eigenvalue weighted by atomic mass is 33.1. The second-order valence-electron chi connectivity index (χ2n) is 28.5. The number of carbonyl (C=O) groups is 1. The van der Waals surface area contributed by atoms with Crippen LogP contribution in [0.3, 0.4) is 0 Å². The first-order chi connectivity index (χ1) is 45.2. The molecule has 1 aliphatic heterocycles. The highest BCUT2D eigenvalue weighted by Crippen LogP contribution is 2.24.